The van der Waals surface area contributed by atoms with Crippen LogP contribution in [0.15, 0.2) is 58.1 Å². The first-order valence-corrected chi connectivity index (χ1v) is 10.9. The van der Waals surface area contributed by atoms with Gasteiger partial charge in [0.1, 0.15) is 0 Å². The van der Waals surface area contributed by atoms with Crippen LogP contribution in [-0.2, 0) is 20.1 Å². The number of rotatable bonds is 3. The molecule has 0 aliphatic carbocycles. The van der Waals surface area contributed by atoms with E-state index >= 15 is 0 Å². The van der Waals surface area contributed by atoms with Gasteiger partial charge in [-0.3, -0.25) is 13.9 Å². The summed E-state index contributed by atoms with van der Waals surface area (Å²) in [6.45, 7) is 7.98. The number of aromatic nitrogens is 4. The fraction of sp³-hybridized carbons (Fsp3) is 0.320. The van der Waals surface area contributed by atoms with Crippen molar-refractivity contribution in [3.05, 3.63) is 86.1 Å². The third kappa shape index (κ3) is 3.07. The van der Waals surface area contributed by atoms with Crippen LogP contribution in [0.25, 0.3) is 11.2 Å². The first kappa shape index (κ1) is 20.3. The average Bonchev–Trinajstić information content (AvgIpc) is 3.16. The maximum atomic E-state index is 13.6. The van der Waals surface area contributed by atoms with Crippen molar-refractivity contribution in [1.29, 1.82) is 0 Å². The van der Waals surface area contributed by atoms with Crippen LogP contribution in [-0.4, -0.2) is 25.2 Å². The zero-order valence-electron chi connectivity index (χ0n) is 18.9. The number of para-hydroxylation sites is 1. The van der Waals surface area contributed by atoms with Crippen molar-refractivity contribution in [2.24, 2.45) is 13.0 Å². The summed E-state index contributed by atoms with van der Waals surface area (Å²) in [6.07, 6.45) is 0. The van der Waals surface area contributed by atoms with Crippen LogP contribution in [0.3, 0.4) is 0 Å². The Labute approximate surface area is 186 Å². The van der Waals surface area contributed by atoms with E-state index in [1.165, 1.54) is 9.13 Å². The monoisotopic (exact) mass is 429 g/mol. The Bertz CT molecular complexity index is 1460. The molecule has 7 heteroatoms. The lowest BCUT2D eigenvalue weighted by Crippen LogP contribution is -2.40. The Morgan fingerprint density at radius 1 is 0.969 bits per heavy atom. The predicted molar refractivity (Wildman–Crippen MR) is 127 cm³/mol. The number of anilines is 2. The van der Waals surface area contributed by atoms with Crippen molar-refractivity contribution in [2.45, 2.75) is 33.9 Å². The number of fused-ring (bicyclic) bond motifs is 3. The quantitative estimate of drug-likeness (QED) is 0.501. The molecule has 0 fully saturated rings. The lowest BCUT2D eigenvalue weighted by atomic mass is 10.1. The van der Waals surface area contributed by atoms with Crippen molar-refractivity contribution in [2.75, 3.05) is 11.4 Å². The Morgan fingerprint density at radius 3 is 2.38 bits per heavy atom. The molecule has 1 atom stereocenters. The SMILES string of the molecule is Cc1ccccc1Cn1c(=O)c2c(nc3n2C[C@@H](C)CN3c2ccccc2C)n(C)c1=O. The van der Waals surface area contributed by atoms with E-state index in [0.717, 1.165) is 28.9 Å². The second-order valence-electron chi connectivity index (χ2n) is 8.86. The van der Waals surface area contributed by atoms with E-state index in [2.05, 4.69) is 30.9 Å². The first-order valence-electron chi connectivity index (χ1n) is 10.9. The molecule has 2 aromatic heterocycles. The van der Waals surface area contributed by atoms with E-state index in [0.29, 0.717) is 29.6 Å². The molecule has 7 nitrogen and oxygen atoms in total. The second kappa shape index (κ2) is 7.51. The molecule has 0 radical (unpaired) electrons. The highest BCUT2D eigenvalue weighted by atomic mass is 16.2. The third-order valence-electron chi connectivity index (χ3n) is 6.44. The highest BCUT2D eigenvalue weighted by Gasteiger charge is 2.30. The smallest absolute Gasteiger partial charge is 0.311 e. The van der Waals surface area contributed by atoms with Gasteiger partial charge in [-0.1, -0.05) is 49.4 Å². The first-order chi connectivity index (χ1) is 15.4. The molecule has 0 N–H and O–H groups in total. The fourth-order valence-corrected chi connectivity index (χ4v) is 4.67. The number of nitrogens with zero attached hydrogens (tertiary/aromatic N) is 5. The molecule has 4 aromatic rings. The summed E-state index contributed by atoms with van der Waals surface area (Å²) in [7, 11) is 1.69. The maximum Gasteiger partial charge on any atom is 0.332 e. The molecule has 5 rings (SSSR count). The highest BCUT2D eigenvalue weighted by Crippen LogP contribution is 2.34. The standard InChI is InChI=1S/C25H27N5O2/c1-16-13-28(20-12-8-6-10-18(20)3)24-26-22-21(29(24)14-16)23(31)30(25(32)27(22)4)15-19-11-7-5-9-17(19)2/h5-12,16H,13-15H2,1-4H3/t16-/m0/s1. The van der Waals surface area contributed by atoms with Gasteiger partial charge in [0.2, 0.25) is 5.95 Å². The number of aryl methyl sites for hydroxylation is 3. The van der Waals surface area contributed by atoms with Crippen LogP contribution in [0.5, 0.6) is 0 Å². The van der Waals surface area contributed by atoms with Crippen LogP contribution in [0.2, 0.25) is 0 Å². The van der Waals surface area contributed by atoms with Crippen LogP contribution in [0, 0.1) is 19.8 Å². The van der Waals surface area contributed by atoms with E-state index in [4.69, 9.17) is 4.98 Å². The lowest BCUT2D eigenvalue weighted by molar-refractivity contribution is 0.457. The molecule has 0 unspecified atom stereocenters. The molecule has 0 saturated heterocycles. The Balaban J connectivity index is 1.75. The van der Waals surface area contributed by atoms with Crippen molar-refractivity contribution < 1.29 is 0 Å². The molecule has 0 bridgehead atoms. The van der Waals surface area contributed by atoms with Gasteiger partial charge in [0.15, 0.2) is 11.2 Å². The normalized spacial score (nSPS) is 15.9. The molecule has 3 heterocycles. The topological polar surface area (TPSA) is 65.1 Å². The molecule has 1 aliphatic heterocycles. The van der Waals surface area contributed by atoms with Gasteiger partial charge in [-0.15, -0.1) is 0 Å². The zero-order valence-corrected chi connectivity index (χ0v) is 18.9. The average molecular weight is 430 g/mol. The zero-order chi connectivity index (χ0) is 22.6. The van der Waals surface area contributed by atoms with Crippen LogP contribution in [0.1, 0.15) is 23.6 Å². The van der Waals surface area contributed by atoms with E-state index in [1.54, 1.807) is 7.05 Å². The molecule has 0 saturated carbocycles. The molecule has 2 aromatic carbocycles. The van der Waals surface area contributed by atoms with Gasteiger partial charge in [0.25, 0.3) is 5.56 Å². The Morgan fingerprint density at radius 2 is 1.66 bits per heavy atom. The van der Waals surface area contributed by atoms with Gasteiger partial charge >= 0.3 is 5.69 Å². The maximum absolute atomic E-state index is 13.6. The van der Waals surface area contributed by atoms with Crippen molar-refractivity contribution in [1.82, 2.24) is 18.7 Å². The Hall–Kier alpha value is -3.61. The van der Waals surface area contributed by atoms with Crippen molar-refractivity contribution in [3.63, 3.8) is 0 Å². The van der Waals surface area contributed by atoms with E-state index in [-0.39, 0.29) is 17.8 Å². The van der Waals surface area contributed by atoms with Gasteiger partial charge in [0, 0.05) is 25.8 Å². The number of hydrogen-bond acceptors (Lipinski definition) is 4. The lowest BCUT2D eigenvalue weighted by Gasteiger charge is -2.33. The number of imidazole rings is 1. The largest absolute Gasteiger partial charge is 0.332 e. The summed E-state index contributed by atoms with van der Waals surface area (Å²) in [4.78, 5) is 33.8. The van der Waals surface area contributed by atoms with Gasteiger partial charge in [-0.25, -0.2) is 4.79 Å². The number of hydrogen-bond donors (Lipinski definition) is 0. The predicted octanol–water partition coefficient (Wildman–Crippen LogP) is 3.35. The van der Waals surface area contributed by atoms with Gasteiger partial charge in [-0.2, -0.15) is 4.98 Å². The molecular weight excluding hydrogens is 402 g/mol. The van der Waals surface area contributed by atoms with Gasteiger partial charge in [-0.05, 0) is 42.5 Å². The summed E-state index contributed by atoms with van der Waals surface area (Å²) < 4.78 is 4.82. The number of benzene rings is 2. The minimum Gasteiger partial charge on any atom is -0.311 e. The molecule has 0 amide bonds. The molecule has 0 spiro atoms. The van der Waals surface area contributed by atoms with Crippen molar-refractivity contribution in [3.8, 4) is 0 Å². The summed E-state index contributed by atoms with van der Waals surface area (Å²) >= 11 is 0. The van der Waals surface area contributed by atoms with Crippen molar-refractivity contribution >= 4 is 22.8 Å². The third-order valence-corrected chi connectivity index (χ3v) is 6.44. The van der Waals surface area contributed by atoms with Crippen LogP contribution < -0.4 is 16.1 Å². The fourth-order valence-electron chi connectivity index (χ4n) is 4.67. The van der Waals surface area contributed by atoms with Crippen LogP contribution >= 0.6 is 0 Å². The summed E-state index contributed by atoms with van der Waals surface area (Å²) in [5, 5.41) is 0. The summed E-state index contributed by atoms with van der Waals surface area (Å²) in [5.74, 6) is 1.04. The molecule has 1 aliphatic rings. The minimum absolute atomic E-state index is 0.242. The Kier molecular flexibility index (Phi) is 4.77. The summed E-state index contributed by atoms with van der Waals surface area (Å²) in [5.41, 5.74) is 4.51. The molecule has 32 heavy (non-hydrogen) atoms. The molecule has 164 valence electrons. The van der Waals surface area contributed by atoms with Crippen LogP contribution in [0.4, 0.5) is 11.6 Å². The summed E-state index contributed by atoms with van der Waals surface area (Å²) in [6, 6.07) is 16.0. The highest BCUT2D eigenvalue weighted by molar-refractivity contribution is 5.77. The van der Waals surface area contributed by atoms with E-state index < -0.39 is 0 Å². The minimum atomic E-state index is -0.350. The second-order valence-corrected chi connectivity index (χ2v) is 8.86. The van der Waals surface area contributed by atoms with Gasteiger partial charge in [0.05, 0.1) is 6.54 Å². The van der Waals surface area contributed by atoms with E-state index in [1.807, 2.05) is 47.9 Å². The van der Waals surface area contributed by atoms with E-state index in [9.17, 15) is 9.59 Å². The van der Waals surface area contributed by atoms with Gasteiger partial charge < -0.3 is 9.47 Å². The molecular formula is C25H27N5O2.